The fourth-order valence-corrected chi connectivity index (χ4v) is 8.63. The summed E-state index contributed by atoms with van der Waals surface area (Å²) in [6.07, 6.45) is 2.81. The fraction of sp³-hybridized carbons (Fsp3) is 0.500. The number of piperidine rings is 1. The monoisotopic (exact) mass is 675 g/mol. The van der Waals surface area contributed by atoms with E-state index in [1.807, 2.05) is 36.9 Å². The number of anilines is 1. The lowest BCUT2D eigenvalue weighted by Gasteiger charge is -2.56. The first-order valence-electron chi connectivity index (χ1n) is 16.8. The Hall–Kier alpha value is -4.03. The van der Waals surface area contributed by atoms with Crippen molar-refractivity contribution in [3.8, 4) is 17.1 Å². The summed E-state index contributed by atoms with van der Waals surface area (Å²) < 4.78 is 36.3. The van der Waals surface area contributed by atoms with Gasteiger partial charge in [0.2, 0.25) is 11.8 Å². The van der Waals surface area contributed by atoms with Crippen molar-refractivity contribution in [1.29, 1.82) is 0 Å². The predicted octanol–water partition coefficient (Wildman–Crippen LogP) is 4.96. The number of ether oxygens (including phenoxy) is 1. The number of aromatic nitrogens is 2. The third-order valence-corrected chi connectivity index (χ3v) is 11.4. The Morgan fingerprint density at radius 1 is 1.04 bits per heavy atom. The molecule has 2 aliphatic heterocycles. The van der Waals surface area contributed by atoms with Crippen molar-refractivity contribution >= 4 is 27.8 Å². The fourth-order valence-electron chi connectivity index (χ4n) is 7.64. The number of fused-ring (bicyclic) bond motifs is 4. The van der Waals surface area contributed by atoms with Gasteiger partial charge in [-0.2, -0.15) is 4.98 Å². The zero-order valence-corrected chi connectivity index (χ0v) is 29.1. The van der Waals surface area contributed by atoms with E-state index in [0.29, 0.717) is 25.2 Å². The minimum absolute atomic E-state index is 0.00178. The maximum absolute atomic E-state index is 14.5. The molecule has 2 aromatic carbocycles. The minimum atomic E-state index is -4.16. The first-order chi connectivity index (χ1) is 22.7. The number of aryl methyl sites for hydroxylation is 2. The smallest absolute Gasteiger partial charge is 0.264 e. The predicted molar refractivity (Wildman–Crippen MR) is 182 cm³/mol. The summed E-state index contributed by atoms with van der Waals surface area (Å²) >= 11 is 0. The Kier molecular flexibility index (Phi) is 9.25. The Labute approximate surface area is 282 Å². The van der Waals surface area contributed by atoms with Crippen LogP contribution in [0.4, 0.5) is 5.95 Å². The summed E-state index contributed by atoms with van der Waals surface area (Å²) in [4.78, 5) is 39.6. The van der Waals surface area contributed by atoms with E-state index in [0.717, 1.165) is 42.4 Å². The largest absolute Gasteiger partial charge is 0.475 e. The van der Waals surface area contributed by atoms with Crippen LogP contribution in [0.25, 0.3) is 11.3 Å². The van der Waals surface area contributed by atoms with E-state index in [1.165, 1.54) is 19.1 Å². The number of nitrogens with zero attached hydrogens (tertiary/aromatic N) is 4. The zero-order valence-electron chi connectivity index (χ0n) is 28.3. The second-order valence-electron chi connectivity index (χ2n) is 14.2. The summed E-state index contributed by atoms with van der Waals surface area (Å²) in [5.41, 5.74) is 3.65. The molecular formula is C36H45N5O6S. The van der Waals surface area contributed by atoms with Gasteiger partial charge in [0.25, 0.3) is 21.8 Å². The normalized spacial score (nSPS) is 21.3. The molecule has 2 atom stereocenters. The molecule has 3 aliphatic rings. The summed E-state index contributed by atoms with van der Waals surface area (Å²) in [6.45, 7) is 11.0. The number of carbonyl (C=O) groups excluding carboxylic acids is 2. The van der Waals surface area contributed by atoms with E-state index in [9.17, 15) is 23.1 Å². The van der Waals surface area contributed by atoms with E-state index >= 15 is 0 Å². The molecule has 12 heteroatoms. The molecule has 1 aromatic heterocycles. The number of aliphatic hydroxyl groups excluding tert-OH is 1. The summed E-state index contributed by atoms with van der Waals surface area (Å²) in [7, 11) is -4.16. The van der Waals surface area contributed by atoms with Crippen molar-refractivity contribution in [2.45, 2.75) is 89.8 Å². The molecule has 1 aliphatic carbocycles. The summed E-state index contributed by atoms with van der Waals surface area (Å²) in [6, 6.07) is 13.4. The number of carbonyl (C=O) groups is 2. The molecular weight excluding hydrogens is 630 g/mol. The van der Waals surface area contributed by atoms with Gasteiger partial charge >= 0.3 is 0 Å². The summed E-state index contributed by atoms with van der Waals surface area (Å²) in [5, 5.41) is 9.80. The quantitative estimate of drug-likeness (QED) is 0.387. The van der Waals surface area contributed by atoms with Crippen LogP contribution in [0.15, 0.2) is 53.4 Å². The average molecular weight is 676 g/mol. The second-order valence-corrected chi connectivity index (χ2v) is 15.9. The Bertz CT molecular complexity index is 1790. The highest BCUT2D eigenvalue weighted by molar-refractivity contribution is 7.92. The molecule has 6 rings (SSSR count). The van der Waals surface area contributed by atoms with E-state index < -0.39 is 16.1 Å². The van der Waals surface area contributed by atoms with Crippen LogP contribution in [0.5, 0.6) is 5.88 Å². The molecule has 1 saturated heterocycles. The van der Waals surface area contributed by atoms with E-state index in [-0.39, 0.29) is 64.1 Å². The van der Waals surface area contributed by atoms with Crippen LogP contribution in [0.2, 0.25) is 0 Å². The highest BCUT2D eigenvalue weighted by Crippen LogP contribution is 2.52. The standard InChI is InChI=1S/C36H45N5O6S/c1-22(2)16-27-21-47-31-18-30(32-23(3)8-6-9-24(32)4)37-35(38-31)39-48(45,46)29-11-7-10-26(17-29)34(44)41(27)28-19-36(20-28)12-14-40(15-13-36)33(43)25(5)42/h6-11,17-18,22,25,27-28,42H,12-16,19-21H2,1-5H3,(H,37,38,39)/t25-,27+/m0/s1. The highest BCUT2D eigenvalue weighted by atomic mass is 32.2. The van der Waals surface area contributed by atoms with E-state index in [2.05, 4.69) is 28.5 Å². The van der Waals surface area contributed by atoms with Gasteiger partial charge in [-0.05, 0) is 93.5 Å². The van der Waals surface area contributed by atoms with Gasteiger partial charge in [-0.3, -0.25) is 9.59 Å². The number of nitrogens with one attached hydrogen (secondary N) is 1. The maximum atomic E-state index is 14.5. The number of aliphatic hydroxyl groups is 1. The van der Waals surface area contributed by atoms with Gasteiger partial charge in [0, 0.05) is 36.3 Å². The lowest BCUT2D eigenvalue weighted by Crippen LogP contribution is -2.60. The van der Waals surface area contributed by atoms with Crippen molar-refractivity contribution in [2.24, 2.45) is 11.3 Å². The molecule has 0 radical (unpaired) electrons. The number of likely N-dealkylation sites (tertiary alicyclic amines) is 1. The molecule has 1 spiro atoms. The Morgan fingerprint density at radius 2 is 1.71 bits per heavy atom. The SMILES string of the molecule is Cc1cccc(C)c1-c1cc2nc(n1)NS(=O)(=O)c1cccc(c1)C(=O)N(C1CC3(CCN(C(=O)[C@H](C)O)CC3)C1)[C@H](CC(C)C)CO2. The van der Waals surface area contributed by atoms with Crippen molar-refractivity contribution in [1.82, 2.24) is 19.8 Å². The van der Waals surface area contributed by atoms with Gasteiger partial charge in [0.15, 0.2) is 0 Å². The molecule has 256 valence electrons. The molecule has 3 aromatic rings. The van der Waals surface area contributed by atoms with Crippen molar-refractivity contribution in [2.75, 3.05) is 24.4 Å². The Balaban J connectivity index is 1.37. The van der Waals surface area contributed by atoms with Crippen LogP contribution in [0.1, 0.15) is 74.4 Å². The molecule has 4 bridgehead atoms. The number of rotatable bonds is 5. The summed E-state index contributed by atoms with van der Waals surface area (Å²) in [5.74, 6) is -0.140. The van der Waals surface area contributed by atoms with Crippen molar-refractivity contribution in [3.05, 3.63) is 65.2 Å². The van der Waals surface area contributed by atoms with Crippen molar-refractivity contribution in [3.63, 3.8) is 0 Å². The first kappa shape index (κ1) is 33.9. The Morgan fingerprint density at radius 3 is 2.35 bits per heavy atom. The molecule has 2 fully saturated rings. The van der Waals surface area contributed by atoms with Crippen LogP contribution in [0.3, 0.4) is 0 Å². The van der Waals surface area contributed by atoms with Gasteiger partial charge in [-0.1, -0.05) is 38.1 Å². The zero-order chi connectivity index (χ0) is 34.4. The molecule has 11 nitrogen and oxygen atoms in total. The minimum Gasteiger partial charge on any atom is -0.475 e. The van der Waals surface area contributed by atoms with Crippen molar-refractivity contribution < 1.29 is 27.9 Å². The topological polar surface area (TPSA) is 142 Å². The van der Waals surface area contributed by atoms with Crippen LogP contribution in [0, 0.1) is 25.2 Å². The average Bonchev–Trinajstić information content (AvgIpc) is 3.02. The van der Waals surface area contributed by atoms with Gasteiger partial charge in [0.1, 0.15) is 12.7 Å². The third kappa shape index (κ3) is 6.78. The number of amides is 2. The number of hydrogen-bond acceptors (Lipinski definition) is 8. The molecule has 1 saturated carbocycles. The van der Waals surface area contributed by atoms with Gasteiger partial charge in [-0.25, -0.2) is 18.1 Å². The van der Waals surface area contributed by atoms with E-state index in [4.69, 9.17) is 4.74 Å². The third-order valence-electron chi connectivity index (χ3n) is 10.1. The number of hydrogen-bond donors (Lipinski definition) is 2. The van der Waals surface area contributed by atoms with Gasteiger partial charge < -0.3 is 19.6 Å². The van der Waals surface area contributed by atoms with E-state index in [1.54, 1.807) is 23.1 Å². The number of benzene rings is 2. The molecule has 0 unspecified atom stereocenters. The van der Waals surface area contributed by atoms with Crippen LogP contribution in [-0.2, 0) is 14.8 Å². The number of sulfonamides is 1. The molecule has 3 heterocycles. The van der Waals surface area contributed by atoms with Crippen LogP contribution < -0.4 is 9.46 Å². The molecule has 2 N–H and O–H groups in total. The highest BCUT2D eigenvalue weighted by Gasteiger charge is 2.51. The van der Waals surface area contributed by atoms with Crippen LogP contribution >= 0.6 is 0 Å². The first-order valence-corrected chi connectivity index (χ1v) is 18.2. The maximum Gasteiger partial charge on any atom is 0.264 e. The van der Waals surface area contributed by atoms with Gasteiger partial charge in [-0.15, -0.1) is 0 Å². The molecule has 48 heavy (non-hydrogen) atoms. The lowest BCUT2D eigenvalue weighted by molar-refractivity contribution is -0.143. The second kappa shape index (κ2) is 13.1. The van der Waals surface area contributed by atoms with Crippen LogP contribution in [-0.4, -0.2) is 83.0 Å². The molecule has 2 amide bonds. The van der Waals surface area contributed by atoms with Gasteiger partial charge in [0.05, 0.1) is 16.6 Å². The lowest BCUT2D eigenvalue weighted by atomic mass is 9.59.